The minimum absolute atomic E-state index is 0.414. The number of piperidine rings is 1. The van der Waals surface area contributed by atoms with Crippen molar-refractivity contribution in [2.24, 2.45) is 0 Å². The zero-order valence-corrected chi connectivity index (χ0v) is 14.0. The van der Waals surface area contributed by atoms with Gasteiger partial charge in [-0.25, -0.2) is 0 Å². The Balaban J connectivity index is 1.36. The van der Waals surface area contributed by atoms with Crippen LogP contribution in [-0.2, 0) is 12.0 Å². The van der Waals surface area contributed by atoms with Crippen molar-refractivity contribution in [2.45, 2.75) is 37.8 Å². The summed E-state index contributed by atoms with van der Waals surface area (Å²) in [5.41, 5.74) is 4.67. The van der Waals surface area contributed by atoms with E-state index < -0.39 is 0 Å². The Morgan fingerprint density at radius 3 is 2.65 bits per heavy atom. The molecule has 2 aromatic rings. The molecule has 0 radical (unpaired) electrons. The highest BCUT2D eigenvalue weighted by atomic mass is 15.2. The second kappa shape index (κ2) is 6.10. The van der Waals surface area contributed by atoms with Crippen LogP contribution in [0.5, 0.6) is 0 Å². The summed E-state index contributed by atoms with van der Waals surface area (Å²) in [5.74, 6) is 0. The van der Waals surface area contributed by atoms with Crippen LogP contribution >= 0.6 is 0 Å². The number of rotatable bonds is 5. The molecule has 2 nitrogen and oxygen atoms in total. The van der Waals surface area contributed by atoms with Crippen LogP contribution in [0.2, 0.25) is 0 Å². The molecule has 0 aromatic heterocycles. The number of hydrogen-bond acceptors (Lipinski definition) is 2. The molecule has 2 fully saturated rings. The lowest BCUT2D eigenvalue weighted by Crippen LogP contribution is -2.39. The van der Waals surface area contributed by atoms with Gasteiger partial charge in [0.15, 0.2) is 0 Å². The number of nitrogens with zero attached hydrogens (tertiary/aromatic N) is 1. The summed E-state index contributed by atoms with van der Waals surface area (Å²) in [4.78, 5) is 2.69. The Morgan fingerprint density at radius 1 is 1.09 bits per heavy atom. The first-order chi connectivity index (χ1) is 11.3. The van der Waals surface area contributed by atoms with Crippen molar-refractivity contribution in [3.8, 4) is 0 Å². The van der Waals surface area contributed by atoms with Crippen LogP contribution < -0.4 is 5.32 Å². The standard InChI is InChI=1S/C21H26N2/c1-17-7-9-18(10-8-17)14-22-15-20-13-21(11-12-23(20)16-21)19-5-3-2-4-6-19/h2-10,20,22H,11-16H2,1H3/t20-,21+/m1/s1. The van der Waals surface area contributed by atoms with Gasteiger partial charge in [0.05, 0.1) is 0 Å². The van der Waals surface area contributed by atoms with Gasteiger partial charge in [0.1, 0.15) is 0 Å². The molecule has 0 amide bonds. The maximum atomic E-state index is 3.67. The van der Waals surface area contributed by atoms with Gasteiger partial charge in [-0.05, 0) is 37.4 Å². The van der Waals surface area contributed by atoms with E-state index in [1.807, 2.05) is 0 Å². The largest absolute Gasteiger partial charge is 0.311 e. The molecule has 2 heterocycles. The molecule has 2 heteroatoms. The van der Waals surface area contributed by atoms with Crippen molar-refractivity contribution < 1.29 is 0 Å². The van der Waals surface area contributed by atoms with Crippen molar-refractivity contribution >= 4 is 0 Å². The highest BCUT2D eigenvalue weighted by molar-refractivity contribution is 5.30. The van der Waals surface area contributed by atoms with E-state index in [-0.39, 0.29) is 0 Å². The van der Waals surface area contributed by atoms with Crippen molar-refractivity contribution in [2.75, 3.05) is 19.6 Å². The molecular weight excluding hydrogens is 280 g/mol. The lowest BCUT2D eigenvalue weighted by atomic mass is 9.76. The SMILES string of the molecule is Cc1ccc(CNC[C@H]2C[C@@]3(c4ccccc4)CCN2C3)cc1. The molecule has 2 aliphatic rings. The van der Waals surface area contributed by atoms with Crippen molar-refractivity contribution in [3.05, 3.63) is 71.3 Å². The van der Waals surface area contributed by atoms with E-state index in [9.17, 15) is 0 Å². The van der Waals surface area contributed by atoms with E-state index in [1.54, 1.807) is 5.56 Å². The third-order valence-corrected chi connectivity index (χ3v) is 5.74. The average molecular weight is 306 g/mol. The van der Waals surface area contributed by atoms with Gasteiger partial charge in [0.2, 0.25) is 0 Å². The van der Waals surface area contributed by atoms with Gasteiger partial charge in [-0.15, -0.1) is 0 Å². The average Bonchev–Trinajstić information content (AvgIpc) is 3.17. The Labute approximate surface area is 139 Å². The summed E-state index contributed by atoms with van der Waals surface area (Å²) in [7, 11) is 0. The van der Waals surface area contributed by atoms with E-state index in [2.05, 4.69) is 71.7 Å². The second-order valence-corrected chi connectivity index (χ2v) is 7.34. The Morgan fingerprint density at radius 2 is 1.87 bits per heavy atom. The van der Waals surface area contributed by atoms with E-state index in [4.69, 9.17) is 0 Å². The molecule has 1 unspecified atom stereocenters. The molecule has 2 aromatic carbocycles. The summed E-state index contributed by atoms with van der Waals surface area (Å²) in [6.45, 7) is 6.72. The van der Waals surface area contributed by atoms with Crippen LogP contribution in [-0.4, -0.2) is 30.6 Å². The summed E-state index contributed by atoms with van der Waals surface area (Å²) in [6, 6.07) is 20.7. The van der Waals surface area contributed by atoms with Gasteiger partial charge < -0.3 is 5.32 Å². The minimum Gasteiger partial charge on any atom is -0.311 e. The molecular formula is C21H26N2. The number of fused-ring (bicyclic) bond motifs is 2. The number of nitrogens with one attached hydrogen (secondary N) is 1. The molecule has 120 valence electrons. The fraction of sp³-hybridized carbons (Fsp3) is 0.429. The van der Waals surface area contributed by atoms with E-state index in [1.165, 1.54) is 37.1 Å². The third kappa shape index (κ3) is 2.93. The first-order valence-corrected chi connectivity index (χ1v) is 8.81. The van der Waals surface area contributed by atoms with Crippen LogP contribution in [0.1, 0.15) is 29.5 Å². The Hall–Kier alpha value is -1.64. The summed E-state index contributed by atoms with van der Waals surface area (Å²) in [6.07, 6.45) is 2.63. The lowest BCUT2D eigenvalue weighted by Gasteiger charge is -2.30. The molecule has 2 saturated heterocycles. The van der Waals surface area contributed by atoms with Crippen LogP contribution in [0.4, 0.5) is 0 Å². The van der Waals surface area contributed by atoms with Gasteiger partial charge in [-0.3, -0.25) is 4.90 Å². The number of aryl methyl sites for hydroxylation is 1. The predicted molar refractivity (Wildman–Crippen MR) is 95.6 cm³/mol. The van der Waals surface area contributed by atoms with Crippen LogP contribution in [0, 0.1) is 6.92 Å². The normalized spacial score (nSPS) is 29.1. The predicted octanol–water partition coefficient (Wildman–Crippen LogP) is 3.50. The molecule has 23 heavy (non-hydrogen) atoms. The Kier molecular flexibility index (Phi) is 3.96. The van der Waals surface area contributed by atoms with Gasteiger partial charge >= 0.3 is 0 Å². The molecule has 0 aliphatic carbocycles. The quantitative estimate of drug-likeness (QED) is 0.909. The molecule has 4 rings (SSSR count). The lowest BCUT2D eigenvalue weighted by molar-refractivity contribution is 0.250. The Bertz CT molecular complexity index is 649. The second-order valence-electron chi connectivity index (χ2n) is 7.34. The van der Waals surface area contributed by atoms with Gasteiger partial charge in [0, 0.05) is 31.1 Å². The molecule has 3 atom stereocenters. The summed E-state index contributed by atoms with van der Waals surface area (Å²) >= 11 is 0. The van der Waals surface area contributed by atoms with E-state index in [0.717, 1.165) is 13.1 Å². The minimum atomic E-state index is 0.414. The highest BCUT2D eigenvalue weighted by Gasteiger charge is 2.49. The van der Waals surface area contributed by atoms with Crippen molar-refractivity contribution in [1.29, 1.82) is 0 Å². The topological polar surface area (TPSA) is 15.3 Å². The van der Waals surface area contributed by atoms with Crippen LogP contribution in [0.25, 0.3) is 0 Å². The summed E-state index contributed by atoms with van der Waals surface area (Å²) in [5, 5.41) is 3.67. The zero-order valence-electron chi connectivity index (χ0n) is 14.0. The fourth-order valence-corrected chi connectivity index (χ4v) is 4.40. The smallest absolute Gasteiger partial charge is 0.0230 e. The van der Waals surface area contributed by atoms with Crippen LogP contribution in [0.3, 0.4) is 0 Å². The van der Waals surface area contributed by atoms with Crippen LogP contribution in [0.15, 0.2) is 54.6 Å². The summed E-state index contributed by atoms with van der Waals surface area (Å²) < 4.78 is 0. The number of hydrogen-bond donors (Lipinski definition) is 1. The molecule has 2 bridgehead atoms. The third-order valence-electron chi connectivity index (χ3n) is 5.74. The molecule has 2 aliphatic heterocycles. The molecule has 1 N–H and O–H groups in total. The molecule has 0 spiro atoms. The van der Waals surface area contributed by atoms with Gasteiger partial charge in [-0.1, -0.05) is 60.2 Å². The maximum absolute atomic E-state index is 3.67. The fourth-order valence-electron chi connectivity index (χ4n) is 4.40. The van der Waals surface area contributed by atoms with E-state index >= 15 is 0 Å². The van der Waals surface area contributed by atoms with Gasteiger partial charge in [0.25, 0.3) is 0 Å². The molecule has 0 saturated carbocycles. The number of benzene rings is 2. The first-order valence-electron chi connectivity index (χ1n) is 8.81. The highest BCUT2D eigenvalue weighted by Crippen LogP contribution is 2.46. The van der Waals surface area contributed by atoms with Crippen molar-refractivity contribution in [3.63, 3.8) is 0 Å². The van der Waals surface area contributed by atoms with Gasteiger partial charge in [-0.2, -0.15) is 0 Å². The zero-order chi connectivity index (χ0) is 15.7. The maximum Gasteiger partial charge on any atom is 0.0230 e. The van der Waals surface area contributed by atoms with Crippen molar-refractivity contribution in [1.82, 2.24) is 10.2 Å². The van der Waals surface area contributed by atoms with E-state index in [0.29, 0.717) is 11.5 Å². The monoisotopic (exact) mass is 306 g/mol. The first kappa shape index (κ1) is 14.9.